The minimum Gasteiger partial charge on any atom is -0.468 e. The number of rotatable bonds is 5. The van der Waals surface area contributed by atoms with Crippen LogP contribution in [0.5, 0.6) is 0 Å². The second-order valence-electron chi connectivity index (χ2n) is 2.84. The number of ketones is 1. The van der Waals surface area contributed by atoms with Gasteiger partial charge < -0.3 is 4.74 Å². The molecule has 0 aliphatic carbocycles. The first kappa shape index (κ1) is 12.6. The topological polar surface area (TPSA) is 43.4 Å². The van der Waals surface area contributed by atoms with Gasteiger partial charge in [-0.2, -0.15) is 0 Å². The molecule has 0 saturated heterocycles. The zero-order valence-electron chi connectivity index (χ0n) is 8.22. The Labute approximate surface area is 87.0 Å². The number of ether oxygens (including phenoxy) is 1. The van der Waals surface area contributed by atoms with Gasteiger partial charge in [0, 0.05) is 0 Å². The fourth-order valence-corrected chi connectivity index (χ4v) is 1.91. The standard InChI is InChI=1S/C9H15BrO3/c1-4-9(5-2,7(11)6-10)8(12)13-3/h4-6H2,1-3H3. The van der Waals surface area contributed by atoms with Gasteiger partial charge in [0.05, 0.1) is 12.4 Å². The Hall–Kier alpha value is -0.380. The Bertz CT molecular complexity index is 179. The largest absolute Gasteiger partial charge is 0.468 e. The van der Waals surface area contributed by atoms with Crippen LogP contribution in [0.1, 0.15) is 26.7 Å². The highest BCUT2D eigenvalue weighted by molar-refractivity contribution is 9.09. The zero-order chi connectivity index (χ0) is 10.5. The van der Waals surface area contributed by atoms with Gasteiger partial charge in [0.1, 0.15) is 5.41 Å². The zero-order valence-corrected chi connectivity index (χ0v) is 9.81. The van der Waals surface area contributed by atoms with Crippen molar-refractivity contribution in [1.82, 2.24) is 0 Å². The molecule has 0 aliphatic heterocycles. The number of alkyl halides is 1. The minimum absolute atomic E-state index is 0.107. The van der Waals surface area contributed by atoms with E-state index in [4.69, 9.17) is 0 Å². The number of carbonyl (C=O) groups excluding carboxylic acids is 2. The molecule has 76 valence electrons. The molecule has 0 fully saturated rings. The third kappa shape index (κ3) is 2.30. The molecule has 0 atom stereocenters. The van der Waals surface area contributed by atoms with Crippen molar-refractivity contribution in [3.05, 3.63) is 0 Å². The van der Waals surface area contributed by atoms with Gasteiger partial charge in [-0.25, -0.2) is 0 Å². The van der Waals surface area contributed by atoms with E-state index < -0.39 is 11.4 Å². The molecular weight excluding hydrogens is 236 g/mol. The second-order valence-corrected chi connectivity index (χ2v) is 3.40. The SMILES string of the molecule is CCC(CC)(C(=O)CBr)C(=O)OC. The lowest BCUT2D eigenvalue weighted by atomic mass is 9.79. The van der Waals surface area contributed by atoms with Gasteiger partial charge in [-0.3, -0.25) is 9.59 Å². The van der Waals surface area contributed by atoms with Crippen LogP contribution in [0.3, 0.4) is 0 Å². The molecule has 0 rings (SSSR count). The Balaban J connectivity index is 4.90. The summed E-state index contributed by atoms with van der Waals surface area (Å²) in [6.45, 7) is 3.64. The number of hydrogen-bond donors (Lipinski definition) is 0. The normalized spacial score (nSPS) is 11.1. The summed E-state index contributed by atoms with van der Waals surface area (Å²) < 4.78 is 4.64. The van der Waals surface area contributed by atoms with Crippen LogP contribution in [0.15, 0.2) is 0 Å². The molecule has 0 saturated carbocycles. The van der Waals surface area contributed by atoms with Gasteiger partial charge >= 0.3 is 5.97 Å². The summed E-state index contributed by atoms with van der Waals surface area (Å²) in [6.07, 6.45) is 0.973. The smallest absolute Gasteiger partial charge is 0.319 e. The van der Waals surface area contributed by atoms with E-state index in [1.807, 2.05) is 13.8 Å². The van der Waals surface area contributed by atoms with Crippen LogP contribution >= 0.6 is 15.9 Å². The van der Waals surface area contributed by atoms with Crippen molar-refractivity contribution < 1.29 is 14.3 Å². The van der Waals surface area contributed by atoms with E-state index >= 15 is 0 Å². The fraction of sp³-hybridized carbons (Fsp3) is 0.778. The number of methoxy groups -OCH3 is 1. The molecule has 0 aromatic rings. The van der Waals surface area contributed by atoms with E-state index in [9.17, 15) is 9.59 Å². The summed E-state index contributed by atoms with van der Waals surface area (Å²) in [4.78, 5) is 23.0. The Morgan fingerprint density at radius 1 is 1.31 bits per heavy atom. The van der Waals surface area contributed by atoms with Gasteiger partial charge in [-0.05, 0) is 12.8 Å². The molecule has 13 heavy (non-hydrogen) atoms. The van der Waals surface area contributed by atoms with Gasteiger partial charge in [0.25, 0.3) is 0 Å². The van der Waals surface area contributed by atoms with Crippen molar-refractivity contribution in [3.8, 4) is 0 Å². The monoisotopic (exact) mass is 250 g/mol. The summed E-state index contributed by atoms with van der Waals surface area (Å²) >= 11 is 3.07. The molecule has 0 aromatic heterocycles. The lowest BCUT2D eigenvalue weighted by molar-refractivity contribution is -0.157. The fourth-order valence-electron chi connectivity index (χ4n) is 1.37. The van der Waals surface area contributed by atoms with Crippen LogP contribution in [-0.4, -0.2) is 24.2 Å². The molecule has 0 radical (unpaired) electrons. The van der Waals surface area contributed by atoms with Crippen molar-refractivity contribution in [1.29, 1.82) is 0 Å². The number of halogens is 1. The average Bonchev–Trinajstić information content (AvgIpc) is 2.19. The molecule has 0 unspecified atom stereocenters. The molecule has 3 nitrogen and oxygen atoms in total. The first-order chi connectivity index (χ1) is 6.08. The first-order valence-electron chi connectivity index (χ1n) is 4.26. The summed E-state index contributed by atoms with van der Waals surface area (Å²) in [6, 6.07) is 0. The van der Waals surface area contributed by atoms with E-state index in [1.165, 1.54) is 7.11 Å². The molecule has 4 heteroatoms. The molecule has 0 bridgehead atoms. The Morgan fingerprint density at radius 2 is 1.77 bits per heavy atom. The van der Waals surface area contributed by atoms with Crippen molar-refractivity contribution in [3.63, 3.8) is 0 Å². The summed E-state index contributed by atoms with van der Waals surface area (Å²) in [7, 11) is 1.31. The molecule has 0 N–H and O–H groups in total. The minimum atomic E-state index is -0.946. The van der Waals surface area contributed by atoms with E-state index in [0.717, 1.165) is 0 Å². The van der Waals surface area contributed by atoms with E-state index in [0.29, 0.717) is 12.8 Å². The van der Waals surface area contributed by atoms with Crippen molar-refractivity contribution in [2.75, 3.05) is 12.4 Å². The van der Waals surface area contributed by atoms with E-state index in [1.54, 1.807) is 0 Å². The maximum atomic E-state index is 11.5. The first-order valence-corrected chi connectivity index (χ1v) is 5.38. The number of carbonyl (C=O) groups is 2. The van der Waals surface area contributed by atoms with Gasteiger partial charge in [-0.1, -0.05) is 29.8 Å². The van der Waals surface area contributed by atoms with Crippen LogP contribution in [0.4, 0.5) is 0 Å². The third-order valence-corrected chi connectivity index (χ3v) is 2.95. The van der Waals surface area contributed by atoms with Crippen LogP contribution in [0.25, 0.3) is 0 Å². The summed E-state index contributed by atoms with van der Waals surface area (Å²) in [5.41, 5.74) is -0.946. The molecule has 0 amide bonds. The highest BCUT2D eigenvalue weighted by Gasteiger charge is 2.42. The van der Waals surface area contributed by atoms with Crippen LogP contribution in [-0.2, 0) is 14.3 Å². The van der Waals surface area contributed by atoms with E-state index in [2.05, 4.69) is 20.7 Å². The Kier molecular flexibility index (Phi) is 5.21. The highest BCUT2D eigenvalue weighted by atomic mass is 79.9. The molecule has 0 heterocycles. The molecule has 0 spiro atoms. The van der Waals surface area contributed by atoms with Gasteiger partial charge in [0.2, 0.25) is 0 Å². The maximum Gasteiger partial charge on any atom is 0.319 e. The predicted octanol–water partition coefficient (Wildman–Crippen LogP) is 1.93. The predicted molar refractivity (Wildman–Crippen MR) is 53.8 cm³/mol. The number of esters is 1. The van der Waals surface area contributed by atoms with Crippen LogP contribution < -0.4 is 0 Å². The lowest BCUT2D eigenvalue weighted by Crippen LogP contribution is -2.40. The highest BCUT2D eigenvalue weighted by Crippen LogP contribution is 2.29. The van der Waals surface area contributed by atoms with Crippen molar-refractivity contribution in [2.24, 2.45) is 5.41 Å². The maximum absolute atomic E-state index is 11.5. The average molecular weight is 251 g/mol. The van der Waals surface area contributed by atoms with Crippen molar-refractivity contribution in [2.45, 2.75) is 26.7 Å². The summed E-state index contributed by atoms with van der Waals surface area (Å²) in [5.74, 6) is -0.536. The Morgan fingerprint density at radius 3 is 2.00 bits per heavy atom. The molecule has 0 aromatic carbocycles. The van der Waals surface area contributed by atoms with Gasteiger partial charge in [-0.15, -0.1) is 0 Å². The number of hydrogen-bond acceptors (Lipinski definition) is 3. The summed E-state index contributed by atoms with van der Waals surface area (Å²) in [5, 5.41) is 0.198. The number of Topliss-reactive ketones (excluding diaryl/α,β-unsaturated/α-hetero) is 1. The lowest BCUT2D eigenvalue weighted by Gasteiger charge is -2.25. The quantitative estimate of drug-likeness (QED) is 0.426. The third-order valence-electron chi connectivity index (χ3n) is 2.44. The van der Waals surface area contributed by atoms with Crippen LogP contribution in [0.2, 0.25) is 0 Å². The second kappa shape index (κ2) is 5.37. The van der Waals surface area contributed by atoms with Crippen LogP contribution in [0, 0.1) is 5.41 Å². The molecular formula is C9H15BrO3. The van der Waals surface area contributed by atoms with E-state index in [-0.39, 0.29) is 11.1 Å². The molecule has 0 aliphatic rings. The van der Waals surface area contributed by atoms with Crippen molar-refractivity contribution >= 4 is 27.7 Å². The van der Waals surface area contributed by atoms with Gasteiger partial charge in [0.15, 0.2) is 5.78 Å².